The molecule has 3 heterocycles. The van der Waals surface area contributed by atoms with E-state index in [1.165, 1.54) is 16.9 Å². The molecule has 1 saturated heterocycles. The Labute approximate surface area is 262 Å². The van der Waals surface area contributed by atoms with Gasteiger partial charge in [-0.15, -0.1) is 0 Å². The van der Waals surface area contributed by atoms with Crippen molar-refractivity contribution in [3.8, 4) is 6.07 Å². The second-order valence-electron chi connectivity index (χ2n) is 13.8. The molecule has 4 N–H and O–H groups in total. The maximum absolute atomic E-state index is 13.4. The quantitative estimate of drug-likeness (QED) is 0.285. The molecular weight excluding hydrogens is 584 g/mol. The van der Waals surface area contributed by atoms with Crippen LogP contribution in [0.15, 0.2) is 18.5 Å². The predicted molar refractivity (Wildman–Crippen MR) is 160 cm³/mol. The van der Waals surface area contributed by atoms with Gasteiger partial charge >= 0.3 is 18.0 Å². The number of aliphatic hydroxyl groups excluding tert-OH is 1. The van der Waals surface area contributed by atoms with Crippen LogP contribution in [0.5, 0.6) is 0 Å². The third-order valence-corrected chi connectivity index (χ3v) is 8.06. The topological polar surface area (TPSA) is 200 Å². The number of alkyl carbamates (subject to hydrolysis) is 1. The standard InChI is InChI=1S/C31H44N6O8/c1-29(2,3)24(36-28(41)45-30(4,5)6)27(40)42-15-20-23(43-22(38)14-18-10-8-7-9-11-18)25(39)31(16-32,44-20)21-13-12-19-26(33)34-17-35-37(19)21/h12-13,17-18,20,23-25,39H,7-11,14-15H2,1-6H3,(H,36,41)(H2,33,34,35)/t20?,23-,24-,25-,31+/m1/s1. The summed E-state index contributed by atoms with van der Waals surface area (Å²) in [5.41, 5.74) is 2.84. The van der Waals surface area contributed by atoms with Crippen molar-refractivity contribution in [1.29, 1.82) is 5.26 Å². The zero-order valence-corrected chi connectivity index (χ0v) is 26.7. The summed E-state index contributed by atoms with van der Waals surface area (Å²) in [5.74, 6) is -1.06. The van der Waals surface area contributed by atoms with Gasteiger partial charge in [0.05, 0.1) is 5.69 Å². The molecule has 2 aromatic heterocycles. The number of carbonyl (C=O) groups is 3. The Morgan fingerprint density at radius 2 is 1.89 bits per heavy atom. The Balaban J connectivity index is 1.60. The number of anilines is 1. The lowest BCUT2D eigenvalue weighted by Gasteiger charge is -2.31. The number of amides is 1. The molecule has 14 heteroatoms. The Bertz CT molecular complexity index is 1430. The van der Waals surface area contributed by atoms with Crippen LogP contribution >= 0.6 is 0 Å². The van der Waals surface area contributed by atoms with Gasteiger partial charge < -0.3 is 35.1 Å². The van der Waals surface area contributed by atoms with Crippen molar-refractivity contribution in [2.75, 3.05) is 12.3 Å². The van der Waals surface area contributed by atoms with Crippen LogP contribution in [0.1, 0.15) is 85.8 Å². The van der Waals surface area contributed by atoms with Crippen LogP contribution in [-0.2, 0) is 34.1 Å². The van der Waals surface area contributed by atoms with E-state index in [1.54, 1.807) is 47.6 Å². The fraction of sp³-hybridized carbons (Fsp3) is 0.677. The van der Waals surface area contributed by atoms with Gasteiger partial charge in [-0.1, -0.05) is 40.0 Å². The van der Waals surface area contributed by atoms with Gasteiger partial charge in [0.15, 0.2) is 11.9 Å². The highest BCUT2D eigenvalue weighted by Gasteiger charge is 2.60. The molecular formula is C31H44N6O8. The van der Waals surface area contributed by atoms with Crippen LogP contribution in [0, 0.1) is 22.7 Å². The predicted octanol–water partition coefficient (Wildman–Crippen LogP) is 3.15. The van der Waals surface area contributed by atoms with Gasteiger partial charge in [0.25, 0.3) is 0 Å². The Morgan fingerprint density at radius 1 is 1.20 bits per heavy atom. The van der Waals surface area contributed by atoms with Crippen molar-refractivity contribution < 1.29 is 38.4 Å². The van der Waals surface area contributed by atoms with Crippen molar-refractivity contribution >= 4 is 29.4 Å². The molecule has 1 saturated carbocycles. The number of fused-ring (bicyclic) bond motifs is 1. The first-order valence-electron chi connectivity index (χ1n) is 15.3. The number of aromatic nitrogens is 3. The molecule has 4 rings (SSSR count). The zero-order valence-electron chi connectivity index (χ0n) is 26.7. The lowest BCUT2D eigenvalue weighted by Crippen LogP contribution is -2.51. The van der Waals surface area contributed by atoms with Gasteiger partial charge in [-0.3, -0.25) is 4.79 Å². The lowest BCUT2D eigenvalue weighted by molar-refractivity contribution is -0.163. The molecule has 2 aromatic rings. The van der Waals surface area contributed by atoms with Crippen LogP contribution < -0.4 is 11.1 Å². The fourth-order valence-electron chi connectivity index (χ4n) is 5.80. The number of hydrogen-bond donors (Lipinski definition) is 3. The first-order valence-corrected chi connectivity index (χ1v) is 15.3. The molecule has 246 valence electrons. The van der Waals surface area contributed by atoms with Gasteiger partial charge in [0.1, 0.15) is 48.4 Å². The van der Waals surface area contributed by atoms with Crippen molar-refractivity contribution in [2.45, 2.75) is 116 Å². The van der Waals surface area contributed by atoms with Gasteiger partial charge in [0, 0.05) is 6.42 Å². The highest BCUT2D eigenvalue weighted by Crippen LogP contribution is 2.42. The molecule has 2 fully saturated rings. The molecule has 45 heavy (non-hydrogen) atoms. The molecule has 1 aliphatic carbocycles. The number of ether oxygens (including phenoxy) is 4. The number of rotatable bonds is 8. The minimum atomic E-state index is -2.07. The minimum absolute atomic E-state index is 0.128. The number of esters is 2. The van der Waals surface area contributed by atoms with Gasteiger partial charge in [-0.05, 0) is 57.1 Å². The number of nitrogen functional groups attached to an aromatic ring is 1. The van der Waals surface area contributed by atoms with E-state index in [1.807, 2.05) is 6.07 Å². The molecule has 14 nitrogen and oxygen atoms in total. The summed E-state index contributed by atoms with van der Waals surface area (Å²) in [4.78, 5) is 43.0. The molecule has 2 aliphatic rings. The van der Waals surface area contributed by atoms with Crippen LogP contribution in [0.3, 0.4) is 0 Å². The largest absolute Gasteiger partial charge is 0.461 e. The highest BCUT2D eigenvalue weighted by molar-refractivity contribution is 5.82. The van der Waals surface area contributed by atoms with Gasteiger partial charge in [0.2, 0.25) is 5.60 Å². The van der Waals surface area contributed by atoms with E-state index in [0.29, 0.717) is 5.52 Å². The normalized spacial score (nSPS) is 24.9. The minimum Gasteiger partial charge on any atom is -0.461 e. The van der Waals surface area contributed by atoms with E-state index < -0.39 is 65.6 Å². The summed E-state index contributed by atoms with van der Waals surface area (Å²) in [6.45, 7) is 9.84. The van der Waals surface area contributed by atoms with E-state index in [2.05, 4.69) is 15.4 Å². The number of hydrogen-bond acceptors (Lipinski definition) is 12. The van der Waals surface area contributed by atoms with Gasteiger partial charge in [-0.2, -0.15) is 10.4 Å². The number of nitriles is 1. The molecule has 5 atom stereocenters. The second kappa shape index (κ2) is 13.2. The molecule has 0 aromatic carbocycles. The molecule has 1 aliphatic heterocycles. The number of aliphatic hydroxyl groups is 1. The van der Waals surface area contributed by atoms with Crippen LogP contribution in [-0.4, -0.2) is 74.3 Å². The summed E-state index contributed by atoms with van der Waals surface area (Å²) >= 11 is 0. The Hall–Kier alpha value is -3.96. The third-order valence-electron chi connectivity index (χ3n) is 8.06. The van der Waals surface area contributed by atoms with Crippen molar-refractivity contribution in [3.05, 3.63) is 24.2 Å². The number of nitrogens with two attached hydrogens (primary N) is 1. The van der Waals surface area contributed by atoms with E-state index in [9.17, 15) is 24.8 Å². The van der Waals surface area contributed by atoms with Crippen LogP contribution in [0.25, 0.3) is 5.52 Å². The van der Waals surface area contributed by atoms with E-state index in [-0.39, 0.29) is 23.9 Å². The molecule has 0 bridgehead atoms. The number of nitrogens with zero attached hydrogens (tertiary/aromatic N) is 4. The summed E-state index contributed by atoms with van der Waals surface area (Å²) in [5, 5.41) is 28.8. The average Bonchev–Trinajstić information content (AvgIpc) is 3.50. The van der Waals surface area contributed by atoms with Crippen LogP contribution in [0.4, 0.5) is 10.6 Å². The summed E-state index contributed by atoms with van der Waals surface area (Å²) < 4.78 is 24.2. The first kappa shape index (κ1) is 33.9. The van der Waals surface area contributed by atoms with E-state index in [4.69, 9.17) is 24.7 Å². The third kappa shape index (κ3) is 7.65. The van der Waals surface area contributed by atoms with E-state index in [0.717, 1.165) is 32.1 Å². The van der Waals surface area contributed by atoms with Crippen molar-refractivity contribution in [1.82, 2.24) is 19.9 Å². The molecule has 1 unspecified atom stereocenters. The maximum atomic E-state index is 13.4. The average molecular weight is 629 g/mol. The lowest BCUT2D eigenvalue weighted by atomic mass is 9.87. The zero-order chi connectivity index (χ0) is 33.2. The van der Waals surface area contributed by atoms with Gasteiger partial charge in [-0.25, -0.2) is 19.1 Å². The fourth-order valence-corrected chi connectivity index (χ4v) is 5.80. The Kier molecular flexibility index (Phi) is 9.94. The summed E-state index contributed by atoms with van der Waals surface area (Å²) in [7, 11) is 0. The number of carbonyl (C=O) groups excluding carboxylic acids is 3. The highest BCUT2D eigenvalue weighted by atomic mass is 16.6. The monoisotopic (exact) mass is 628 g/mol. The SMILES string of the molecule is CC(C)(C)OC(=O)N[C@H](C(=O)OCC1O[C@@](C#N)(c2ccc3c(N)ncnn23)[C@H](O)[C@@H]1OC(=O)CC1CCCCC1)C(C)(C)C. The maximum Gasteiger partial charge on any atom is 0.408 e. The smallest absolute Gasteiger partial charge is 0.408 e. The summed E-state index contributed by atoms with van der Waals surface area (Å²) in [6.07, 6.45) is 1.23. The molecule has 1 amide bonds. The van der Waals surface area contributed by atoms with Crippen molar-refractivity contribution in [2.24, 2.45) is 11.3 Å². The van der Waals surface area contributed by atoms with Crippen molar-refractivity contribution in [3.63, 3.8) is 0 Å². The number of nitrogens with one attached hydrogen (secondary N) is 1. The van der Waals surface area contributed by atoms with Crippen LogP contribution in [0.2, 0.25) is 0 Å². The molecule has 0 spiro atoms. The first-order chi connectivity index (χ1) is 21.1. The summed E-state index contributed by atoms with van der Waals surface area (Å²) in [6, 6.07) is 4.01. The Morgan fingerprint density at radius 3 is 2.51 bits per heavy atom. The molecule has 0 radical (unpaired) electrons. The second-order valence-corrected chi connectivity index (χ2v) is 13.8. The van der Waals surface area contributed by atoms with E-state index >= 15 is 0 Å².